The summed E-state index contributed by atoms with van der Waals surface area (Å²) < 4.78 is 0. The van der Waals surface area contributed by atoms with Gasteiger partial charge in [0.2, 0.25) is 0 Å². The lowest BCUT2D eigenvalue weighted by Gasteiger charge is -2.04. The Labute approximate surface area is 101 Å². The van der Waals surface area contributed by atoms with Gasteiger partial charge in [0.1, 0.15) is 0 Å². The van der Waals surface area contributed by atoms with Crippen molar-refractivity contribution in [1.82, 2.24) is 9.97 Å². The molecular weight excluding hydrogens is 212 g/mol. The largest absolute Gasteiger partial charge is 0.294 e. The molecule has 0 atom stereocenters. The number of hydrogen-bond donors (Lipinski definition) is 0. The fourth-order valence-corrected chi connectivity index (χ4v) is 1.65. The molecule has 2 rings (SSSR count). The van der Waals surface area contributed by atoms with Gasteiger partial charge in [-0.05, 0) is 20.8 Å². The summed E-state index contributed by atoms with van der Waals surface area (Å²) in [5, 5.41) is 0. The molecule has 0 unspecified atom stereocenters. The normalized spacial score (nSPS) is 10.3. The van der Waals surface area contributed by atoms with Crippen molar-refractivity contribution in [2.24, 2.45) is 0 Å². The molecule has 3 heteroatoms. The van der Waals surface area contributed by atoms with Crippen LogP contribution in [0.25, 0.3) is 11.4 Å². The topological polar surface area (TPSA) is 42.9 Å². The Kier molecular flexibility index (Phi) is 3.00. The van der Waals surface area contributed by atoms with Crippen LogP contribution < -0.4 is 0 Å². The van der Waals surface area contributed by atoms with Crippen molar-refractivity contribution in [2.45, 2.75) is 20.8 Å². The molecule has 3 nitrogen and oxygen atoms in total. The molecule has 0 amide bonds. The Bertz CT molecular complexity index is 559. The second-order valence-corrected chi connectivity index (χ2v) is 4.11. The molecule has 0 radical (unpaired) electrons. The van der Waals surface area contributed by atoms with E-state index in [0.29, 0.717) is 11.4 Å². The van der Waals surface area contributed by atoms with E-state index in [4.69, 9.17) is 0 Å². The van der Waals surface area contributed by atoms with E-state index in [0.717, 1.165) is 11.3 Å². The predicted molar refractivity (Wildman–Crippen MR) is 66.9 cm³/mol. The van der Waals surface area contributed by atoms with Crippen LogP contribution in [0.4, 0.5) is 0 Å². The molecule has 0 fully saturated rings. The zero-order valence-corrected chi connectivity index (χ0v) is 10.2. The maximum Gasteiger partial charge on any atom is 0.163 e. The number of hydrogen-bond acceptors (Lipinski definition) is 3. The van der Waals surface area contributed by atoms with E-state index in [-0.39, 0.29) is 5.78 Å². The van der Waals surface area contributed by atoms with Crippen molar-refractivity contribution >= 4 is 5.78 Å². The third kappa shape index (κ3) is 2.38. The lowest BCUT2D eigenvalue weighted by molar-refractivity contribution is 0.101. The highest BCUT2D eigenvalue weighted by molar-refractivity contribution is 5.94. The van der Waals surface area contributed by atoms with Crippen molar-refractivity contribution in [3.63, 3.8) is 0 Å². The van der Waals surface area contributed by atoms with Crippen molar-refractivity contribution < 1.29 is 4.79 Å². The van der Waals surface area contributed by atoms with Crippen LogP contribution in [0.2, 0.25) is 0 Å². The van der Waals surface area contributed by atoms with E-state index >= 15 is 0 Å². The maximum absolute atomic E-state index is 11.3. The first-order chi connectivity index (χ1) is 8.08. The van der Waals surface area contributed by atoms with Crippen LogP contribution in [-0.2, 0) is 0 Å². The fourth-order valence-electron chi connectivity index (χ4n) is 1.65. The maximum atomic E-state index is 11.3. The number of carbonyl (C=O) groups is 1. The zero-order valence-electron chi connectivity index (χ0n) is 10.2. The van der Waals surface area contributed by atoms with Crippen molar-refractivity contribution in [1.29, 1.82) is 0 Å². The van der Waals surface area contributed by atoms with Crippen molar-refractivity contribution in [3.8, 4) is 11.4 Å². The molecule has 0 aliphatic heterocycles. The van der Waals surface area contributed by atoms with Crippen LogP contribution in [0.5, 0.6) is 0 Å². The van der Waals surface area contributed by atoms with Gasteiger partial charge >= 0.3 is 0 Å². The van der Waals surface area contributed by atoms with E-state index in [1.54, 1.807) is 6.20 Å². The molecular formula is C14H14N2O. The van der Waals surface area contributed by atoms with Gasteiger partial charge in [-0.15, -0.1) is 0 Å². The summed E-state index contributed by atoms with van der Waals surface area (Å²) in [6, 6.07) is 8.01. The minimum atomic E-state index is -0.00189. The number of aromatic nitrogens is 2. The molecule has 0 saturated heterocycles. The van der Waals surface area contributed by atoms with Crippen LogP contribution in [-0.4, -0.2) is 15.8 Å². The molecule has 2 aromatic rings. The van der Waals surface area contributed by atoms with E-state index in [1.807, 2.05) is 38.1 Å². The Morgan fingerprint density at radius 2 is 1.76 bits per heavy atom. The van der Waals surface area contributed by atoms with Gasteiger partial charge in [0.05, 0.1) is 11.3 Å². The van der Waals surface area contributed by atoms with Gasteiger partial charge in [-0.25, -0.2) is 9.97 Å². The molecule has 0 bridgehead atoms. The van der Waals surface area contributed by atoms with Crippen LogP contribution in [0.3, 0.4) is 0 Å². The van der Waals surface area contributed by atoms with Gasteiger partial charge in [0, 0.05) is 11.8 Å². The molecule has 86 valence electrons. The Hall–Kier alpha value is -2.03. The first kappa shape index (κ1) is 11.5. The van der Waals surface area contributed by atoms with E-state index < -0.39 is 0 Å². The van der Waals surface area contributed by atoms with Crippen LogP contribution in [0.15, 0.2) is 30.5 Å². The van der Waals surface area contributed by atoms with Gasteiger partial charge in [-0.1, -0.05) is 29.8 Å². The lowest BCUT2D eigenvalue weighted by atomic mass is 10.1. The molecule has 0 aliphatic carbocycles. The van der Waals surface area contributed by atoms with Crippen molar-refractivity contribution in [3.05, 3.63) is 47.3 Å². The average Bonchev–Trinajstić information content (AvgIpc) is 2.29. The number of ketones is 1. The SMILES string of the molecule is CC(=O)c1cnc(-c2ccc(C)cc2)nc1C. The van der Waals surface area contributed by atoms with Gasteiger partial charge in [0.25, 0.3) is 0 Å². The monoisotopic (exact) mass is 226 g/mol. The second-order valence-electron chi connectivity index (χ2n) is 4.11. The number of nitrogens with zero attached hydrogens (tertiary/aromatic N) is 2. The van der Waals surface area contributed by atoms with Crippen LogP contribution >= 0.6 is 0 Å². The Balaban J connectivity index is 2.44. The summed E-state index contributed by atoms with van der Waals surface area (Å²) in [5.41, 5.74) is 3.48. The Morgan fingerprint density at radius 3 is 2.29 bits per heavy atom. The summed E-state index contributed by atoms with van der Waals surface area (Å²) in [6.07, 6.45) is 1.60. The Morgan fingerprint density at radius 1 is 1.12 bits per heavy atom. The van der Waals surface area contributed by atoms with Crippen LogP contribution in [0, 0.1) is 13.8 Å². The molecule has 1 aromatic heterocycles. The van der Waals surface area contributed by atoms with Gasteiger partial charge < -0.3 is 0 Å². The standard InChI is InChI=1S/C14H14N2O/c1-9-4-6-12(7-5-9)14-15-8-13(11(3)17)10(2)16-14/h4-8H,1-3H3. The highest BCUT2D eigenvalue weighted by atomic mass is 16.1. The highest BCUT2D eigenvalue weighted by Crippen LogP contribution is 2.16. The molecule has 1 heterocycles. The molecule has 17 heavy (non-hydrogen) atoms. The quantitative estimate of drug-likeness (QED) is 0.739. The number of carbonyl (C=O) groups excluding carboxylic acids is 1. The molecule has 0 N–H and O–H groups in total. The van der Waals surface area contributed by atoms with Gasteiger partial charge in [-0.2, -0.15) is 0 Å². The first-order valence-electron chi connectivity index (χ1n) is 5.49. The minimum absolute atomic E-state index is 0.00189. The third-order valence-corrected chi connectivity index (χ3v) is 2.67. The summed E-state index contributed by atoms with van der Waals surface area (Å²) in [5.74, 6) is 0.658. The summed E-state index contributed by atoms with van der Waals surface area (Å²) in [6.45, 7) is 5.39. The first-order valence-corrected chi connectivity index (χ1v) is 5.49. The number of rotatable bonds is 2. The van der Waals surface area contributed by atoms with Crippen molar-refractivity contribution in [2.75, 3.05) is 0 Å². The molecule has 0 saturated carbocycles. The molecule has 0 spiro atoms. The smallest absolute Gasteiger partial charge is 0.163 e. The average molecular weight is 226 g/mol. The predicted octanol–water partition coefficient (Wildman–Crippen LogP) is 2.96. The third-order valence-electron chi connectivity index (χ3n) is 2.67. The molecule has 1 aromatic carbocycles. The van der Waals surface area contributed by atoms with E-state index in [2.05, 4.69) is 9.97 Å². The minimum Gasteiger partial charge on any atom is -0.294 e. The summed E-state index contributed by atoms with van der Waals surface area (Å²) in [7, 11) is 0. The fraction of sp³-hybridized carbons (Fsp3) is 0.214. The van der Waals surface area contributed by atoms with Gasteiger partial charge in [-0.3, -0.25) is 4.79 Å². The second kappa shape index (κ2) is 4.45. The summed E-state index contributed by atoms with van der Waals surface area (Å²) >= 11 is 0. The van der Waals surface area contributed by atoms with E-state index in [1.165, 1.54) is 12.5 Å². The summed E-state index contributed by atoms with van der Waals surface area (Å²) in [4.78, 5) is 19.9. The van der Waals surface area contributed by atoms with Crippen LogP contribution in [0.1, 0.15) is 28.5 Å². The number of aryl methyl sites for hydroxylation is 2. The number of benzene rings is 1. The zero-order chi connectivity index (χ0) is 12.4. The lowest BCUT2D eigenvalue weighted by Crippen LogP contribution is -2.02. The number of Topliss-reactive ketones (excluding diaryl/α,β-unsaturated/α-hetero) is 1. The van der Waals surface area contributed by atoms with Gasteiger partial charge in [0.15, 0.2) is 11.6 Å². The van der Waals surface area contributed by atoms with E-state index in [9.17, 15) is 4.79 Å². The highest BCUT2D eigenvalue weighted by Gasteiger charge is 2.08. The molecule has 0 aliphatic rings.